The van der Waals surface area contributed by atoms with Gasteiger partial charge in [0.25, 0.3) is 0 Å². The maximum Gasteiger partial charge on any atom is 0.408 e. The highest BCUT2D eigenvalue weighted by Gasteiger charge is 2.28. The number of carbonyl (C=O) groups excluding carboxylic acids is 3. The summed E-state index contributed by atoms with van der Waals surface area (Å²) in [6, 6.07) is 16.2. The van der Waals surface area contributed by atoms with Crippen LogP contribution in [0.1, 0.15) is 17.5 Å². The first-order chi connectivity index (χ1) is 14.9. The largest absolute Gasteiger partial charge is 0.445 e. The second kappa shape index (κ2) is 12.3. The molecule has 0 saturated heterocycles. The van der Waals surface area contributed by atoms with E-state index < -0.39 is 42.5 Å². The molecule has 0 unspecified atom stereocenters. The van der Waals surface area contributed by atoms with Crippen LogP contribution >= 0.6 is 0 Å². The molecule has 9 heteroatoms. The second-order valence-electron chi connectivity index (χ2n) is 7.04. The summed E-state index contributed by atoms with van der Waals surface area (Å²) in [6.07, 6.45) is -2.01. The summed E-state index contributed by atoms with van der Waals surface area (Å²) in [5.74, 6) is -1.45. The molecule has 0 fully saturated rings. The third-order valence-electron chi connectivity index (χ3n) is 4.56. The Hall–Kier alpha value is -3.43. The van der Waals surface area contributed by atoms with E-state index in [9.17, 15) is 19.5 Å². The minimum absolute atomic E-state index is 0.000103. The Morgan fingerprint density at radius 3 is 2.06 bits per heavy atom. The molecule has 2 rings (SSSR count). The van der Waals surface area contributed by atoms with Gasteiger partial charge >= 0.3 is 6.09 Å². The fraction of sp³-hybridized carbons (Fsp3) is 0.318. The Balaban J connectivity index is 2.01. The Morgan fingerprint density at radius 1 is 0.935 bits per heavy atom. The average molecular weight is 428 g/mol. The van der Waals surface area contributed by atoms with E-state index in [1.54, 1.807) is 24.3 Å². The molecule has 3 amide bonds. The molecule has 0 aliphatic rings. The van der Waals surface area contributed by atoms with Gasteiger partial charge in [0, 0.05) is 6.54 Å². The Bertz CT molecular complexity index is 847. The van der Waals surface area contributed by atoms with E-state index in [1.807, 2.05) is 36.4 Å². The van der Waals surface area contributed by atoms with Crippen LogP contribution in [0.4, 0.5) is 4.79 Å². The molecule has 0 aromatic heterocycles. The van der Waals surface area contributed by atoms with Crippen LogP contribution in [0.15, 0.2) is 60.7 Å². The number of aliphatic hydroxyl groups is 1. The van der Waals surface area contributed by atoms with Gasteiger partial charge in [-0.1, -0.05) is 60.7 Å². The summed E-state index contributed by atoms with van der Waals surface area (Å²) >= 11 is 0. The summed E-state index contributed by atoms with van der Waals surface area (Å²) in [6.45, 7) is -0.0785. The van der Waals surface area contributed by atoms with Gasteiger partial charge in [-0.25, -0.2) is 4.79 Å². The first-order valence-corrected chi connectivity index (χ1v) is 9.87. The number of nitrogens with two attached hydrogens (primary N) is 2. The van der Waals surface area contributed by atoms with Gasteiger partial charge in [-0.15, -0.1) is 0 Å². The minimum atomic E-state index is -1.26. The lowest BCUT2D eigenvalue weighted by Gasteiger charge is -2.26. The lowest BCUT2D eigenvalue weighted by atomic mass is 10.0. The molecule has 0 aliphatic carbocycles. The molecule has 2 aromatic rings. The number of ether oxygens (including phenoxy) is 1. The Kier molecular flexibility index (Phi) is 9.47. The van der Waals surface area contributed by atoms with Crippen LogP contribution in [0.2, 0.25) is 0 Å². The van der Waals surface area contributed by atoms with Crippen molar-refractivity contribution in [1.82, 2.24) is 10.6 Å². The molecule has 3 atom stereocenters. The van der Waals surface area contributed by atoms with Crippen molar-refractivity contribution in [3.63, 3.8) is 0 Å². The Labute approximate surface area is 180 Å². The second-order valence-corrected chi connectivity index (χ2v) is 7.04. The van der Waals surface area contributed by atoms with E-state index in [1.165, 1.54) is 0 Å². The molecule has 0 saturated carbocycles. The van der Waals surface area contributed by atoms with Crippen molar-refractivity contribution in [1.29, 1.82) is 0 Å². The van der Waals surface area contributed by atoms with Crippen molar-refractivity contribution in [2.75, 3.05) is 6.54 Å². The first kappa shape index (κ1) is 23.8. The number of hydrogen-bond donors (Lipinski definition) is 5. The molecule has 0 radical (unpaired) electrons. The van der Waals surface area contributed by atoms with Crippen molar-refractivity contribution >= 4 is 17.9 Å². The summed E-state index contributed by atoms with van der Waals surface area (Å²) in [4.78, 5) is 36.3. The number of rotatable bonds is 11. The van der Waals surface area contributed by atoms with E-state index in [0.717, 1.165) is 11.1 Å². The predicted octanol–water partition coefficient (Wildman–Crippen LogP) is 0.204. The van der Waals surface area contributed by atoms with Crippen molar-refractivity contribution in [2.45, 2.75) is 37.6 Å². The molecule has 0 bridgehead atoms. The van der Waals surface area contributed by atoms with E-state index in [-0.39, 0.29) is 13.2 Å². The normalized spacial score (nSPS) is 13.5. The number of carbonyl (C=O) groups is 3. The van der Waals surface area contributed by atoms with E-state index >= 15 is 0 Å². The van der Waals surface area contributed by atoms with E-state index in [0.29, 0.717) is 6.42 Å². The van der Waals surface area contributed by atoms with Crippen molar-refractivity contribution in [3.8, 4) is 0 Å². The topological polar surface area (TPSA) is 157 Å². The lowest BCUT2D eigenvalue weighted by Crippen LogP contribution is -2.55. The molecule has 7 N–H and O–H groups in total. The van der Waals surface area contributed by atoms with Gasteiger partial charge in [0.15, 0.2) is 0 Å². The number of hydrogen-bond acceptors (Lipinski definition) is 6. The molecule has 0 aliphatic heterocycles. The van der Waals surface area contributed by atoms with Crippen molar-refractivity contribution in [3.05, 3.63) is 71.8 Å². The fourth-order valence-electron chi connectivity index (χ4n) is 2.92. The monoisotopic (exact) mass is 428 g/mol. The number of amides is 3. The van der Waals surface area contributed by atoms with E-state index in [2.05, 4.69) is 10.6 Å². The third-order valence-corrected chi connectivity index (χ3v) is 4.56. The number of nitrogens with one attached hydrogen (secondary N) is 2. The number of alkyl carbamates (subject to hydrolysis) is 1. The van der Waals surface area contributed by atoms with Gasteiger partial charge < -0.3 is 31.9 Å². The molecule has 0 spiro atoms. The molecule has 2 aromatic carbocycles. The lowest BCUT2D eigenvalue weighted by molar-refractivity contribution is -0.128. The van der Waals surface area contributed by atoms with Crippen LogP contribution in [0, 0.1) is 0 Å². The zero-order chi connectivity index (χ0) is 22.6. The zero-order valence-corrected chi connectivity index (χ0v) is 17.1. The van der Waals surface area contributed by atoms with Crippen LogP contribution in [0.3, 0.4) is 0 Å². The number of benzene rings is 2. The maximum atomic E-state index is 12.8. The zero-order valence-electron chi connectivity index (χ0n) is 17.1. The highest BCUT2D eigenvalue weighted by molar-refractivity contribution is 5.90. The smallest absolute Gasteiger partial charge is 0.408 e. The van der Waals surface area contributed by atoms with Crippen LogP contribution in [0.25, 0.3) is 0 Å². The highest BCUT2D eigenvalue weighted by Crippen LogP contribution is 2.08. The van der Waals surface area contributed by atoms with Gasteiger partial charge in [-0.05, 0) is 17.5 Å². The van der Waals surface area contributed by atoms with Crippen LogP contribution in [-0.2, 0) is 27.4 Å². The van der Waals surface area contributed by atoms with Gasteiger partial charge in [0.2, 0.25) is 11.8 Å². The highest BCUT2D eigenvalue weighted by atomic mass is 16.5. The van der Waals surface area contributed by atoms with Crippen LogP contribution in [0.5, 0.6) is 0 Å². The Morgan fingerprint density at radius 2 is 1.52 bits per heavy atom. The summed E-state index contributed by atoms with van der Waals surface area (Å²) < 4.78 is 5.11. The first-order valence-electron chi connectivity index (χ1n) is 9.87. The molecular formula is C22H28N4O5. The minimum Gasteiger partial charge on any atom is -0.445 e. The van der Waals surface area contributed by atoms with E-state index in [4.69, 9.17) is 16.2 Å². The van der Waals surface area contributed by atoms with Gasteiger partial charge in [0.05, 0.1) is 18.6 Å². The molecular weight excluding hydrogens is 400 g/mol. The van der Waals surface area contributed by atoms with Gasteiger partial charge in [0.1, 0.15) is 12.6 Å². The SMILES string of the molecule is NC[C@@H](O)[C@H](Cc1ccccc1)NC(=O)[C@H](CC(N)=O)NC(=O)OCc1ccccc1. The van der Waals surface area contributed by atoms with Crippen LogP contribution in [-0.4, -0.2) is 47.7 Å². The standard InChI is InChI=1S/C22H28N4O5/c23-13-19(27)17(11-15-7-3-1-4-8-15)25-21(29)18(12-20(24)28)26-22(30)31-14-16-9-5-2-6-10-16/h1-10,17-19,27H,11-14,23H2,(H2,24,28)(H,25,29)(H,26,30)/t17-,18-,19+/m0/s1. The summed E-state index contributed by atoms with van der Waals surface area (Å²) in [5.41, 5.74) is 12.4. The summed E-state index contributed by atoms with van der Waals surface area (Å²) in [5, 5.41) is 15.3. The van der Waals surface area contributed by atoms with Crippen molar-refractivity contribution < 1.29 is 24.2 Å². The van der Waals surface area contributed by atoms with Gasteiger partial charge in [-0.3, -0.25) is 9.59 Å². The number of aliphatic hydroxyl groups excluding tert-OH is 1. The van der Waals surface area contributed by atoms with Gasteiger partial charge in [-0.2, -0.15) is 0 Å². The predicted molar refractivity (Wildman–Crippen MR) is 115 cm³/mol. The average Bonchev–Trinajstić information content (AvgIpc) is 2.77. The molecule has 31 heavy (non-hydrogen) atoms. The maximum absolute atomic E-state index is 12.8. The third kappa shape index (κ3) is 8.45. The molecule has 9 nitrogen and oxygen atoms in total. The fourth-order valence-corrected chi connectivity index (χ4v) is 2.92. The quantitative estimate of drug-likeness (QED) is 0.344. The molecule has 0 heterocycles. The number of primary amides is 1. The van der Waals surface area contributed by atoms with Crippen molar-refractivity contribution in [2.24, 2.45) is 11.5 Å². The summed E-state index contributed by atoms with van der Waals surface area (Å²) in [7, 11) is 0. The van der Waals surface area contributed by atoms with Crippen LogP contribution < -0.4 is 22.1 Å². The molecule has 166 valence electrons.